The van der Waals surface area contributed by atoms with Gasteiger partial charge in [0.25, 0.3) is 0 Å². The van der Waals surface area contributed by atoms with Gasteiger partial charge in [0.1, 0.15) is 0 Å². The second kappa shape index (κ2) is 5.75. The Hall–Kier alpha value is -0.0400. The number of hydrogen-bond acceptors (Lipinski definition) is 1. The molecule has 1 rings (SSSR count). The van der Waals surface area contributed by atoms with E-state index in [2.05, 4.69) is 33.0 Å². The Labute approximate surface area is 89.7 Å². The molecule has 0 spiro atoms. The molecule has 0 aromatic heterocycles. The minimum atomic E-state index is 0.831. The van der Waals surface area contributed by atoms with Crippen LogP contribution in [0.2, 0.25) is 0 Å². The number of hydrogen-bond donors (Lipinski definition) is 1. The summed E-state index contributed by atoms with van der Waals surface area (Å²) in [5.74, 6) is 2.58. The summed E-state index contributed by atoms with van der Waals surface area (Å²) < 4.78 is 0. The lowest BCUT2D eigenvalue weighted by atomic mass is 9.82. The lowest BCUT2D eigenvalue weighted by molar-refractivity contribution is 0.257. The molecule has 14 heavy (non-hydrogen) atoms. The van der Waals surface area contributed by atoms with Crippen LogP contribution in [0.15, 0.2) is 0 Å². The van der Waals surface area contributed by atoms with Gasteiger partial charge in [0, 0.05) is 6.04 Å². The van der Waals surface area contributed by atoms with E-state index in [0.29, 0.717) is 0 Å². The third-order valence-corrected chi connectivity index (χ3v) is 3.85. The number of rotatable bonds is 7. The highest BCUT2D eigenvalue weighted by Crippen LogP contribution is 2.25. The van der Waals surface area contributed by atoms with Crippen LogP contribution in [0.4, 0.5) is 0 Å². The van der Waals surface area contributed by atoms with Gasteiger partial charge >= 0.3 is 0 Å². The Morgan fingerprint density at radius 1 is 1.14 bits per heavy atom. The lowest BCUT2D eigenvalue weighted by Gasteiger charge is -2.26. The van der Waals surface area contributed by atoms with Gasteiger partial charge in [-0.2, -0.15) is 0 Å². The molecule has 0 amide bonds. The van der Waals surface area contributed by atoms with Gasteiger partial charge in [0.2, 0.25) is 0 Å². The third-order valence-electron chi connectivity index (χ3n) is 3.85. The molecule has 1 aliphatic carbocycles. The normalized spacial score (nSPS) is 23.1. The standard InChI is InChI=1S/C13H27N/c1-5-6-10(2)12(4)11(3)9-14-13-7-8-13/h10-14H,5-9H2,1-4H3. The fourth-order valence-electron chi connectivity index (χ4n) is 2.10. The molecular weight excluding hydrogens is 170 g/mol. The quantitative estimate of drug-likeness (QED) is 0.659. The molecule has 0 radical (unpaired) electrons. The number of nitrogens with one attached hydrogen (secondary N) is 1. The van der Waals surface area contributed by atoms with Gasteiger partial charge in [0.05, 0.1) is 0 Å². The van der Waals surface area contributed by atoms with Gasteiger partial charge in [-0.25, -0.2) is 0 Å². The van der Waals surface area contributed by atoms with E-state index in [1.165, 1.54) is 32.2 Å². The van der Waals surface area contributed by atoms with Gasteiger partial charge in [-0.1, -0.05) is 40.5 Å². The Morgan fingerprint density at radius 2 is 1.79 bits per heavy atom. The smallest absolute Gasteiger partial charge is 0.00683 e. The van der Waals surface area contributed by atoms with Gasteiger partial charge < -0.3 is 5.32 Å². The van der Waals surface area contributed by atoms with Crippen LogP contribution in [-0.2, 0) is 0 Å². The summed E-state index contributed by atoms with van der Waals surface area (Å²) >= 11 is 0. The molecule has 0 aromatic carbocycles. The Bertz CT molecular complexity index is 151. The van der Waals surface area contributed by atoms with Crippen molar-refractivity contribution in [2.75, 3.05) is 6.54 Å². The molecule has 1 N–H and O–H groups in total. The maximum Gasteiger partial charge on any atom is 0.00683 e. The molecule has 1 heteroatoms. The van der Waals surface area contributed by atoms with Gasteiger partial charge in [-0.3, -0.25) is 0 Å². The van der Waals surface area contributed by atoms with Crippen molar-refractivity contribution < 1.29 is 0 Å². The van der Waals surface area contributed by atoms with Crippen molar-refractivity contribution in [2.24, 2.45) is 17.8 Å². The first kappa shape index (κ1) is 12.0. The summed E-state index contributed by atoms with van der Waals surface area (Å²) in [4.78, 5) is 0. The Kier molecular flexibility index (Phi) is 4.94. The van der Waals surface area contributed by atoms with E-state index < -0.39 is 0 Å². The first-order valence-corrected chi connectivity index (χ1v) is 6.38. The van der Waals surface area contributed by atoms with Crippen LogP contribution in [-0.4, -0.2) is 12.6 Å². The first-order chi connectivity index (χ1) is 6.65. The van der Waals surface area contributed by atoms with Crippen molar-refractivity contribution in [1.29, 1.82) is 0 Å². The molecule has 1 nitrogen and oxygen atoms in total. The largest absolute Gasteiger partial charge is 0.314 e. The van der Waals surface area contributed by atoms with E-state index >= 15 is 0 Å². The highest BCUT2D eigenvalue weighted by molar-refractivity contribution is 4.82. The van der Waals surface area contributed by atoms with Crippen LogP contribution in [0.25, 0.3) is 0 Å². The maximum absolute atomic E-state index is 3.63. The maximum atomic E-state index is 3.63. The second-order valence-corrected chi connectivity index (χ2v) is 5.28. The van der Waals surface area contributed by atoms with E-state index in [-0.39, 0.29) is 0 Å². The molecule has 3 atom stereocenters. The SMILES string of the molecule is CCCC(C)C(C)C(C)CNC1CC1. The van der Waals surface area contributed by atoms with Gasteiger partial charge in [0.15, 0.2) is 0 Å². The summed E-state index contributed by atoms with van der Waals surface area (Å²) in [6.07, 6.45) is 5.53. The minimum Gasteiger partial charge on any atom is -0.314 e. The summed E-state index contributed by atoms with van der Waals surface area (Å²) in [6, 6.07) is 0.867. The second-order valence-electron chi connectivity index (χ2n) is 5.28. The fourth-order valence-corrected chi connectivity index (χ4v) is 2.10. The molecule has 0 saturated heterocycles. The molecule has 1 fully saturated rings. The highest BCUT2D eigenvalue weighted by atomic mass is 14.9. The topological polar surface area (TPSA) is 12.0 Å². The Balaban J connectivity index is 2.15. The van der Waals surface area contributed by atoms with Crippen LogP contribution < -0.4 is 5.32 Å². The van der Waals surface area contributed by atoms with E-state index in [1.54, 1.807) is 0 Å². The van der Waals surface area contributed by atoms with Crippen molar-refractivity contribution in [1.82, 2.24) is 5.32 Å². The van der Waals surface area contributed by atoms with Crippen molar-refractivity contribution >= 4 is 0 Å². The van der Waals surface area contributed by atoms with Crippen molar-refractivity contribution in [3.05, 3.63) is 0 Å². The zero-order valence-electron chi connectivity index (χ0n) is 10.3. The van der Waals surface area contributed by atoms with Crippen LogP contribution in [0.3, 0.4) is 0 Å². The average Bonchev–Trinajstić information content (AvgIpc) is 2.97. The summed E-state index contributed by atoms with van der Waals surface area (Å²) in [6.45, 7) is 10.7. The van der Waals surface area contributed by atoms with Crippen molar-refractivity contribution in [3.8, 4) is 0 Å². The predicted molar refractivity (Wildman–Crippen MR) is 63.4 cm³/mol. The molecule has 0 bridgehead atoms. The van der Waals surface area contributed by atoms with E-state index in [0.717, 1.165) is 23.8 Å². The summed E-state index contributed by atoms with van der Waals surface area (Å²) in [5, 5.41) is 3.63. The molecule has 1 saturated carbocycles. The van der Waals surface area contributed by atoms with E-state index in [9.17, 15) is 0 Å². The zero-order chi connectivity index (χ0) is 10.6. The summed E-state index contributed by atoms with van der Waals surface area (Å²) in [7, 11) is 0. The first-order valence-electron chi connectivity index (χ1n) is 6.38. The van der Waals surface area contributed by atoms with Crippen LogP contribution in [0.5, 0.6) is 0 Å². The van der Waals surface area contributed by atoms with Crippen molar-refractivity contribution in [2.45, 2.75) is 59.4 Å². The molecule has 0 aliphatic heterocycles. The van der Waals surface area contributed by atoms with Crippen molar-refractivity contribution in [3.63, 3.8) is 0 Å². The Morgan fingerprint density at radius 3 is 2.29 bits per heavy atom. The molecule has 84 valence electrons. The monoisotopic (exact) mass is 197 g/mol. The van der Waals surface area contributed by atoms with Crippen LogP contribution in [0, 0.1) is 17.8 Å². The zero-order valence-corrected chi connectivity index (χ0v) is 10.3. The molecule has 0 aromatic rings. The summed E-state index contributed by atoms with van der Waals surface area (Å²) in [5.41, 5.74) is 0. The van der Waals surface area contributed by atoms with Gasteiger partial charge in [-0.05, 0) is 37.1 Å². The highest BCUT2D eigenvalue weighted by Gasteiger charge is 2.23. The molecular formula is C13H27N. The fraction of sp³-hybridized carbons (Fsp3) is 1.00. The van der Waals surface area contributed by atoms with Gasteiger partial charge in [-0.15, -0.1) is 0 Å². The van der Waals surface area contributed by atoms with E-state index in [4.69, 9.17) is 0 Å². The average molecular weight is 197 g/mol. The molecule has 1 aliphatic rings. The lowest BCUT2D eigenvalue weighted by Crippen LogP contribution is -2.29. The molecule has 0 heterocycles. The predicted octanol–water partition coefficient (Wildman–Crippen LogP) is 3.45. The van der Waals surface area contributed by atoms with E-state index in [1.807, 2.05) is 0 Å². The third kappa shape index (κ3) is 4.00. The van der Waals surface area contributed by atoms with Crippen LogP contribution >= 0.6 is 0 Å². The van der Waals surface area contributed by atoms with Crippen LogP contribution in [0.1, 0.15) is 53.4 Å². The minimum absolute atomic E-state index is 0.831. The molecule has 3 unspecified atom stereocenters.